The number of hydrogen-bond donors (Lipinski definition) is 1. The Morgan fingerprint density at radius 1 is 1.53 bits per heavy atom. The highest BCUT2D eigenvalue weighted by Gasteiger charge is 2.02. The Labute approximate surface area is 90.1 Å². The van der Waals surface area contributed by atoms with Gasteiger partial charge in [-0.1, -0.05) is 27.7 Å². The fraction of sp³-hybridized carbons (Fsp3) is 0.111. The first-order valence-corrected chi connectivity index (χ1v) is 5.03. The highest BCUT2D eigenvalue weighted by atomic mass is 32.1. The third kappa shape index (κ3) is 2.08. The fourth-order valence-corrected chi connectivity index (χ4v) is 2.04. The van der Waals surface area contributed by atoms with Crippen LogP contribution in [0.25, 0.3) is 10.2 Å². The predicted octanol–water partition coefficient (Wildman–Crippen LogP) is 2.67. The zero-order chi connectivity index (χ0) is 10.7. The Balaban J connectivity index is 2.35. The Kier molecular flexibility index (Phi) is 2.56. The molecule has 0 aliphatic heterocycles. The van der Waals surface area contributed by atoms with Crippen LogP contribution in [0.2, 0.25) is 0 Å². The molecule has 0 spiro atoms. The van der Waals surface area contributed by atoms with Crippen molar-refractivity contribution in [3.63, 3.8) is 0 Å². The number of benzene rings is 1. The van der Waals surface area contributed by atoms with Gasteiger partial charge in [0.1, 0.15) is 0 Å². The van der Waals surface area contributed by atoms with Crippen LogP contribution < -0.4 is 5.43 Å². The van der Waals surface area contributed by atoms with E-state index < -0.39 is 0 Å². The molecule has 0 aliphatic rings. The van der Waals surface area contributed by atoms with Gasteiger partial charge in [-0.3, -0.25) is 0 Å². The lowest BCUT2D eigenvalue weighted by Gasteiger charge is -1.88. The Morgan fingerprint density at radius 3 is 3.20 bits per heavy atom. The highest BCUT2D eigenvalue weighted by Crippen LogP contribution is 2.28. The normalized spacial score (nSPS) is 10.7. The number of aromatic nitrogens is 1. The summed E-state index contributed by atoms with van der Waals surface area (Å²) in [7, 11) is 0. The van der Waals surface area contributed by atoms with Gasteiger partial charge in [-0.2, -0.15) is 10.7 Å². The molecule has 0 bridgehead atoms. The topological polar surface area (TPSA) is 73.4 Å². The Hall–Kier alpha value is -2.00. The lowest BCUT2D eigenvalue weighted by atomic mass is 10.2. The summed E-state index contributed by atoms with van der Waals surface area (Å²) in [5, 5.41) is 15.9. The monoisotopic (exact) mass is 217 g/mol. The summed E-state index contributed by atoms with van der Waals surface area (Å²) in [6.07, 6.45) is 1.65. The summed E-state index contributed by atoms with van der Waals surface area (Å²) in [5.41, 5.74) is 4.17. The van der Waals surface area contributed by atoms with E-state index in [0.717, 1.165) is 10.2 Å². The van der Waals surface area contributed by atoms with Crippen molar-refractivity contribution in [2.45, 2.75) is 6.92 Å². The largest absolute Gasteiger partial charge is 0.232 e. The van der Waals surface area contributed by atoms with Crippen LogP contribution in [0.4, 0.5) is 5.13 Å². The molecule has 0 atom stereocenters. The summed E-state index contributed by atoms with van der Waals surface area (Å²) in [4.78, 5) is 4.23. The molecule has 1 heterocycles. The van der Waals surface area contributed by atoms with Gasteiger partial charge in [0.15, 0.2) is 6.19 Å². The van der Waals surface area contributed by atoms with E-state index in [2.05, 4.69) is 20.7 Å². The Bertz CT molecular complexity index is 551. The van der Waals surface area contributed by atoms with Crippen LogP contribution in [0, 0.1) is 18.4 Å². The van der Waals surface area contributed by atoms with Crippen molar-refractivity contribution < 1.29 is 0 Å². The minimum absolute atomic E-state index is 0.540. The minimum Gasteiger partial charge on any atom is -0.217 e. The van der Waals surface area contributed by atoms with Gasteiger partial charge in [-0.05, 0) is 24.6 Å². The fourth-order valence-electron chi connectivity index (χ4n) is 1.15. The van der Waals surface area contributed by atoms with Crippen molar-refractivity contribution in [2.75, 3.05) is 0 Å². The first-order valence-electron chi connectivity index (χ1n) is 4.21. The third-order valence-electron chi connectivity index (χ3n) is 1.77. The lowest BCUT2D eigenvalue weighted by molar-refractivity contribution is 0.885. The molecule has 0 saturated carbocycles. The van der Waals surface area contributed by atoms with Crippen molar-refractivity contribution in [1.29, 1.82) is 5.26 Å². The molecule has 1 N–H and O–H groups in total. The van der Waals surface area contributed by atoms with Crippen LogP contribution in [0.5, 0.6) is 0 Å². The first kappa shape index (κ1) is 9.55. The van der Waals surface area contributed by atoms with Crippen LogP contribution in [0.3, 0.4) is 0 Å². The van der Waals surface area contributed by atoms with Crippen LogP contribution in [-0.2, 0) is 0 Å². The van der Waals surface area contributed by atoms with Crippen molar-refractivity contribution >= 4 is 26.7 Å². The average Bonchev–Trinajstić information content (AvgIpc) is 2.60. The molecule has 5 nitrogen and oxygen atoms in total. The number of rotatable bonds is 2. The molecule has 2 aromatic rings. The molecule has 2 rings (SSSR count). The number of hydrogen-bond acceptors (Lipinski definition) is 5. The standard InChI is InChI=1S/C9H7N5S/c1-6-2-3-7-8(4-6)15-9(12-7)13-14-11-5-10/h2-4H,1H3,(H,11,12,13). The van der Waals surface area contributed by atoms with Crippen LogP contribution in [-0.4, -0.2) is 4.98 Å². The van der Waals surface area contributed by atoms with Gasteiger partial charge in [0.05, 0.1) is 10.2 Å². The third-order valence-corrected chi connectivity index (χ3v) is 2.67. The van der Waals surface area contributed by atoms with E-state index in [9.17, 15) is 0 Å². The molecule has 1 aromatic carbocycles. The van der Waals surface area contributed by atoms with E-state index in [0.29, 0.717) is 5.13 Å². The SMILES string of the molecule is Cc1ccc2nc(/N=N/NC#N)sc2c1. The van der Waals surface area contributed by atoms with Crippen molar-refractivity contribution in [1.82, 2.24) is 10.4 Å². The molecule has 74 valence electrons. The van der Waals surface area contributed by atoms with E-state index in [1.165, 1.54) is 16.9 Å². The van der Waals surface area contributed by atoms with E-state index in [4.69, 9.17) is 5.26 Å². The molecule has 0 saturated heterocycles. The molecule has 0 unspecified atom stereocenters. The minimum atomic E-state index is 0.540. The summed E-state index contributed by atoms with van der Waals surface area (Å²) >= 11 is 1.44. The molecule has 0 radical (unpaired) electrons. The zero-order valence-corrected chi connectivity index (χ0v) is 8.75. The van der Waals surface area contributed by atoms with Crippen molar-refractivity contribution in [2.24, 2.45) is 10.3 Å². The van der Waals surface area contributed by atoms with Crippen LogP contribution >= 0.6 is 11.3 Å². The van der Waals surface area contributed by atoms with Gasteiger partial charge < -0.3 is 0 Å². The van der Waals surface area contributed by atoms with Gasteiger partial charge in [-0.25, -0.2) is 4.98 Å². The molecular formula is C9H7N5S. The van der Waals surface area contributed by atoms with Gasteiger partial charge >= 0.3 is 0 Å². The summed E-state index contributed by atoms with van der Waals surface area (Å²) in [6.45, 7) is 2.03. The molecule has 1 aromatic heterocycles. The number of nitriles is 1. The quantitative estimate of drug-likeness (QED) is 0.363. The van der Waals surface area contributed by atoms with Gasteiger partial charge in [0, 0.05) is 0 Å². The maximum Gasteiger partial charge on any atom is 0.232 e. The smallest absolute Gasteiger partial charge is 0.217 e. The average molecular weight is 217 g/mol. The second-order valence-corrected chi connectivity index (χ2v) is 3.90. The maximum atomic E-state index is 8.19. The number of nitrogens with zero attached hydrogens (tertiary/aromatic N) is 4. The molecular weight excluding hydrogens is 210 g/mol. The van der Waals surface area contributed by atoms with E-state index in [1.807, 2.05) is 25.1 Å². The molecule has 0 fully saturated rings. The molecule has 6 heteroatoms. The number of fused-ring (bicyclic) bond motifs is 1. The second kappa shape index (κ2) is 4.02. The molecule has 0 amide bonds. The predicted molar refractivity (Wildman–Crippen MR) is 57.6 cm³/mol. The summed E-state index contributed by atoms with van der Waals surface area (Å²) in [6, 6.07) is 5.98. The molecule has 0 aliphatic carbocycles. The van der Waals surface area contributed by atoms with Gasteiger partial charge in [0.2, 0.25) is 5.13 Å². The second-order valence-electron chi connectivity index (χ2n) is 2.89. The summed E-state index contributed by atoms with van der Waals surface area (Å²) in [5.74, 6) is 0. The zero-order valence-electron chi connectivity index (χ0n) is 7.93. The number of aryl methyl sites for hydroxylation is 1. The highest BCUT2D eigenvalue weighted by molar-refractivity contribution is 7.21. The molecule has 15 heavy (non-hydrogen) atoms. The van der Waals surface area contributed by atoms with Crippen LogP contribution in [0.1, 0.15) is 5.56 Å². The van der Waals surface area contributed by atoms with E-state index in [1.54, 1.807) is 6.19 Å². The van der Waals surface area contributed by atoms with Gasteiger partial charge in [0.25, 0.3) is 0 Å². The number of nitrogens with one attached hydrogen (secondary N) is 1. The Morgan fingerprint density at radius 2 is 2.40 bits per heavy atom. The van der Waals surface area contributed by atoms with E-state index in [-0.39, 0.29) is 0 Å². The lowest BCUT2D eigenvalue weighted by Crippen LogP contribution is -1.88. The summed E-state index contributed by atoms with van der Waals surface area (Å²) < 4.78 is 1.07. The van der Waals surface area contributed by atoms with Crippen molar-refractivity contribution in [3.05, 3.63) is 23.8 Å². The van der Waals surface area contributed by atoms with E-state index >= 15 is 0 Å². The number of thiazole rings is 1. The first-order chi connectivity index (χ1) is 7.29. The van der Waals surface area contributed by atoms with Gasteiger partial charge in [-0.15, -0.1) is 0 Å². The van der Waals surface area contributed by atoms with Crippen LogP contribution in [0.15, 0.2) is 28.5 Å². The maximum absolute atomic E-state index is 8.19. The van der Waals surface area contributed by atoms with Crippen molar-refractivity contribution in [3.8, 4) is 6.19 Å².